The van der Waals surface area contributed by atoms with Crippen molar-refractivity contribution in [3.8, 4) is 11.1 Å². The lowest BCUT2D eigenvalue weighted by molar-refractivity contribution is -0.112. The highest BCUT2D eigenvalue weighted by Gasteiger charge is 2.26. The maximum atomic E-state index is 13.7. The molecule has 4 aromatic rings. The van der Waals surface area contributed by atoms with Gasteiger partial charge in [-0.05, 0) is 87.2 Å². The Morgan fingerprint density at radius 1 is 0.860 bits per heavy atom. The average Bonchev–Trinajstić information content (AvgIpc) is 3.35. The average molecular weight is 580 g/mol. The summed E-state index contributed by atoms with van der Waals surface area (Å²) in [4.78, 5) is 36.4. The second kappa shape index (κ2) is 13.7. The monoisotopic (exact) mass is 579 g/mol. The highest BCUT2D eigenvalue weighted by atomic mass is 16.5. The van der Waals surface area contributed by atoms with Crippen LogP contribution in [0.25, 0.3) is 11.1 Å². The second-order valence-corrected chi connectivity index (χ2v) is 11.2. The number of nitrogens with zero attached hydrogens (tertiary/aromatic N) is 4. The lowest BCUT2D eigenvalue weighted by Crippen LogP contribution is -2.46. The minimum absolute atomic E-state index is 0.423. The van der Waals surface area contributed by atoms with Crippen molar-refractivity contribution in [2.45, 2.75) is 40.2 Å². The number of ketones is 1. The van der Waals surface area contributed by atoms with E-state index in [1.54, 1.807) is 7.11 Å². The van der Waals surface area contributed by atoms with Gasteiger partial charge in [0.15, 0.2) is 0 Å². The molecule has 1 saturated heterocycles. The maximum Gasteiger partial charge on any atom is 0.298 e. The van der Waals surface area contributed by atoms with E-state index >= 15 is 0 Å². The van der Waals surface area contributed by atoms with Crippen LogP contribution in [0.15, 0.2) is 72.8 Å². The van der Waals surface area contributed by atoms with Crippen LogP contribution in [0.3, 0.4) is 0 Å². The Morgan fingerprint density at radius 2 is 1.56 bits per heavy atom. The first-order chi connectivity index (χ1) is 20.8. The van der Waals surface area contributed by atoms with Gasteiger partial charge in [-0.1, -0.05) is 30.3 Å². The van der Waals surface area contributed by atoms with Gasteiger partial charge < -0.3 is 24.4 Å². The van der Waals surface area contributed by atoms with Crippen LogP contribution in [0.4, 0.5) is 17.2 Å². The largest absolute Gasteiger partial charge is 0.385 e. The summed E-state index contributed by atoms with van der Waals surface area (Å²) in [6.07, 6.45) is 1.72. The Labute approximate surface area is 254 Å². The zero-order chi connectivity index (χ0) is 30.3. The molecule has 1 N–H and O–H groups in total. The molecule has 1 aliphatic rings. The number of carbonyl (C=O) groups is 2. The number of methoxy groups -OCH3 is 1. The molecule has 1 fully saturated rings. The molecule has 2 aromatic carbocycles. The summed E-state index contributed by atoms with van der Waals surface area (Å²) in [5.74, 6) is -0.152. The molecule has 0 atom stereocenters. The van der Waals surface area contributed by atoms with Gasteiger partial charge >= 0.3 is 0 Å². The van der Waals surface area contributed by atoms with E-state index in [0.29, 0.717) is 24.5 Å². The number of carbonyl (C=O) groups excluding carboxylic acids is 2. The molecular formula is C35H41N5O3. The van der Waals surface area contributed by atoms with Gasteiger partial charge in [0, 0.05) is 74.8 Å². The summed E-state index contributed by atoms with van der Waals surface area (Å²) >= 11 is 0. The van der Waals surface area contributed by atoms with Crippen molar-refractivity contribution in [2.75, 3.05) is 55.0 Å². The summed E-state index contributed by atoms with van der Waals surface area (Å²) in [6.45, 7) is 10.9. The Kier molecular flexibility index (Phi) is 9.57. The molecule has 0 aliphatic carbocycles. The molecular weight excluding hydrogens is 538 g/mol. The number of pyridine rings is 1. The Balaban J connectivity index is 1.26. The first-order valence-corrected chi connectivity index (χ1v) is 15.0. The van der Waals surface area contributed by atoms with Gasteiger partial charge in [0.25, 0.3) is 11.7 Å². The number of benzene rings is 2. The normalized spacial score (nSPS) is 13.3. The van der Waals surface area contributed by atoms with E-state index in [4.69, 9.17) is 9.72 Å². The highest BCUT2D eigenvalue weighted by Crippen LogP contribution is 2.29. The van der Waals surface area contributed by atoms with E-state index in [2.05, 4.69) is 34.2 Å². The molecule has 8 heteroatoms. The predicted octanol–water partition coefficient (Wildman–Crippen LogP) is 6.05. The van der Waals surface area contributed by atoms with Crippen molar-refractivity contribution in [1.82, 2.24) is 9.55 Å². The first-order valence-electron chi connectivity index (χ1n) is 15.0. The lowest BCUT2D eigenvalue weighted by atomic mass is 10.0. The second-order valence-electron chi connectivity index (χ2n) is 11.2. The maximum absolute atomic E-state index is 13.7. The van der Waals surface area contributed by atoms with Crippen LogP contribution in [0.1, 0.15) is 40.3 Å². The quantitative estimate of drug-likeness (QED) is 0.132. The SMILES string of the molecule is COCCCCn1c(C)cc(-c2ccccc2)c1C(=O)C(=O)Nc1ccc(N2CCN(c3cc(C)cc(C)n3)CC2)cc1. The molecule has 0 radical (unpaired) electrons. The van der Waals surface area contributed by atoms with E-state index in [1.165, 1.54) is 5.56 Å². The van der Waals surface area contributed by atoms with Crippen molar-refractivity contribution in [2.24, 2.45) is 0 Å². The van der Waals surface area contributed by atoms with Crippen LogP contribution in [-0.2, 0) is 16.1 Å². The van der Waals surface area contributed by atoms with Crippen molar-refractivity contribution in [1.29, 1.82) is 0 Å². The first kappa shape index (κ1) is 30.0. The minimum Gasteiger partial charge on any atom is -0.385 e. The number of hydrogen-bond donors (Lipinski definition) is 1. The Hall–Kier alpha value is -4.43. The number of nitrogens with one attached hydrogen (secondary N) is 1. The van der Waals surface area contributed by atoms with Gasteiger partial charge in [-0.25, -0.2) is 4.98 Å². The molecule has 5 rings (SSSR count). The Morgan fingerprint density at radius 3 is 2.23 bits per heavy atom. The van der Waals surface area contributed by atoms with Gasteiger partial charge in [0.2, 0.25) is 0 Å². The fourth-order valence-electron chi connectivity index (χ4n) is 5.79. The van der Waals surface area contributed by atoms with Gasteiger partial charge in [0.05, 0.1) is 0 Å². The molecule has 2 aromatic heterocycles. The van der Waals surface area contributed by atoms with Gasteiger partial charge in [-0.15, -0.1) is 0 Å². The summed E-state index contributed by atoms with van der Waals surface area (Å²) < 4.78 is 7.17. The number of amides is 1. The summed E-state index contributed by atoms with van der Waals surface area (Å²) in [7, 11) is 1.69. The number of aryl methyl sites for hydroxylation is 3. The van der Waals surface area contributed by atoms with Crippen molar-refractivity contribution in [3.63, 3.8) is 0 Å². The van der Waals surface area contributed by atoms with E-state index in [1.807, 2.05) is 79.1 Å². The predicted molar refractivity (Wildman–Crippen MR) is 173 cm³/mol. The molecule has 43 heavy (non-hydrogen) atoms. The van der Waals surface area contributed by atoms with Crippen LogP contribution in [-0.4, -0.2) is 61.1 Å². The standard InChI is InChI=1S/C35H41N5O3/c1-25-22-26(2)36-32(23-25)39-19-17-38(18-20-39)30-14-12-29(13-15-30)37-35(42)34(41)33-31(28-10-6-5-7-11-28)24-27(3)40(33)16-8-9-21-43-4/h5-7,10-15,22-24H,8-9,16-21H2,1-4H3,(H,37,42). The molecule has 0 saturated carbocycles. The molecule has 1 aliphatic heterocycles. The number of ether oxygens (including phenoxy) is 1. The lowest BCUT2D eigenvalue weighted by Gasteiger charge is -2.37. The summed E-state index contributed by atoms with van der Waals surface area (Å²) in [5.41, 5.74) is 7.00. The molecule has 224 valence electrons. The van der Waals surface area contributed by atoms with E-state index < -0.39 is 11.7 Å². The van der Waals surface area contributed by atoms with Gasteiger partial charge in [0.1, 0.15) is 11.5 Å². The van der Waals surface area contributed by atoms with Crippen LogP contribution >= 0.6 is 0 Å². The molecule has 0 unspecified atom stereocenters. The van der Waals surface area contributed by atoms with Crippen molar-refractivity contribution < 1.29 is 14.3 Å². The molecule has 3 heterocycles. The molecule has 0 bridgehead atoms. The third kappa shape index (κ3) is 7.14. The van der Waals surface area contributed by atoms with Crippen LogP contribution < -0.4 is 15.1 Å². The number of unbranched alkanes of at least 4 members (excludes halogenated alkanes) is 1. The molecule has 1 amide bonds. The van der Waals surface area contributed by atoms with Gasteiger partial charge in [-0.2, -0.15) is 0 Å². The fraction of sp³-hybridized carbons (Fsp3) is 0.343. The van der Waals surface area contributed by atoms with Crippen molar-refractivity contribution in [3.05, 3.63) is 95.4 Å². The van der Waals surface area contributed by atoms with E-state index in [-0.39, 0.29) is 0 Å². The van der Waals surface area contributed by atoms with E-state index in [0.717, 1.165) is 73.0 Å². The van der Waals surface area contributed by atoms with Crippen LogP contribution in [0.2, 0.25) is 0 Å². The van der Waals surface area contributed by atoms with Crippen LogP contribution in [0, 0.1) is 20.8 Å². The topological polar surface area (TPSA) is 79.7 Å². The van der Waals surface area contributed by atoms with Crippen LogP contribution in [0.5, 0.6) is 0 Å². The number of anilines is 3. The van der Waals surface area contributed by atoms with Gasteiger partial charge in [-0.3, -0.25) is 9.59 Å². The fourth-order valence-corrected chi connectivity index (χ4v) is 5.79. The van der Waals surface area contributed by atoms with E-state index in [9.17, 15) is 9.59 Å². The smallest absolute Gasteiger partial charge is 0.298 e. The number of aromatic nitrogens is 2. The third-order valence-corrected chi connectivity index (χ3v) is 7.97. The Bertz CT molecular complexity index is 1530. The zero-order valence-corrected chi connectivity index (χ0v) is 25.6. The number of piperazine rings is 1. The zero-order valence-electron chi connectivity index (χ0n) is 25.6. The number of hydrogen-bond acceptors (Lipinski definition) is 6. The minimum atomic E-state index is -0.643. The molecule has 0 spiro atoms. The number of Topliss-reactive ketones (excluding diaryl/α,β-unsaturated/α-hetero) is 1. The summed E-state index contributed by atoms with van der Waals surface area (Å²) in [6, 6.07) is 23.7. The molecule has 8 nitrogen and oxygen atoms in total. The van der Waals surface area contributed by atoms with Crippen molar-refractivity contribution >= 4 is 28.9 Å². The summed E-state index contributed by atoms with van der Waals surface area (Å²) in [5, 5.41) is 2.84. The highest BCUT2D eigenvalue weighted by molar-refractivity contribution is 6.47. The third-order valence-electron chi connectivity index (χ3n) is 7.97. The number of rotatable bonds is 11.